The van der Waals surface area contributed by atoms with Crippen LogP contribution in [0.3, 0.4) is 0 Å². The van der Waals surface area contributed by atoms with Crippen LogP contribution in [0.2, 0.25) is 0 Å². The van der Waals surface area contributed by atoms with E-state index in [0.717, 1.165) is 12.1 Å². The van der Waals surface area contributed by atoms with Gasteiger partial charge in [-0.1, -0.05) is 0 Å². The summed E-state index contributed by atoms with van der Waals surface area (Å²) in [5.74, 6) is 0.241. The number of nitrogens with one attached hydrogen (secondary N) is 2. The number of amides is 2. The molecule has 0 saturated heterocycles. The van der Waals surface area contributed by atoms with Crippen LogP contribution in [0.25, 0.3) is 0 Å². The SMILES string of the molecule is O=Cc1ccc2c(n1)N(C(=O)Nc1ccc(C(F)(F)F)cn1)CCN2. The third kappa shape index (κ3) is 3.52. The number of pyridine rings is 2. The summed E-state index contributed by atoms with van der Waals surface area (Å²) >= 11 is 0. The summed E-state index contributed by atoms with van der Waals surface area (Å²) in [6, 6.07) is 4.43. The Hall–Kier alpha value is -3.17. The molecule has 1 aliphatic rings. The number of anilines is 3. The van der Waals surface area contributed by atoms with Gasteiger partial charge in [0.25, 0.3) is 0 Å². The van der Waals surface area contributed by atoms with Gasteiger partial charge in [0.2, 0.25) is 0 Å². The molecule has 0 fully saturated rings. The van der Waals surface area contributed by atoms with Gasteiger partial charge in [-0.05, 0) is 24.3 Å². The number of alkyl halides is 3. The molecule has 10 heteroatoms. The summed E-state index contributed by atoms with van der Waals surface area (Å²) in [7, 11) is 0. The average Bonchev–Trinajstić information content (AvgIpc) is 2.60. The molecule has 2 aromatic rings. The van der Waals surface area contributed by atoms with Crippen LogP contribution in [0.15, 0.2) is 30.5 Å². The zero-order valence-corrected chi connectivity index (χ0v) is 12.7. The van der Waals surface area contributed by atoms with E-state index in [9.17, 15) is 22.8 Å². The largest absolute Gasteiger partial charge is 0.417 e. The van der Waals surface area contributed by atoms with Gasteiger partial charge in [0.1, 0.15) is 11.5 Å². The molecule has 0 aromatic carbocycles. The Morgan fingerprint density at radius 1 is 1.28 bits per heavy atom. The first-order valence-corrected chi connectivity index (χ1v) is 7.20. The molecule has 0 atom stereocenters. The van der Waals surface area contributed by atoms with Crippen LogP contribution in [0, 0.1) is 0 Å². The Labute approximate surface area is 139 Å². The molecule has 0 radical (unpaired) electrons. The summed E-state index contributed by atoms with van der Waals surface area (Å²) in [5.41, 5.74) is -0.171. The first kappa shape index (κ1) is 16.7. The predicted molar refractivity (Wildman–Crippen MR) is 83.7 cm³/mol. The minimum atomic E-state index is -4.50. The molecule has 0 unspecified atom stereocenters. The maximum Gasteiger partial charge on any atom is 0.417 e. The first-order valence-electron chi connectivity index (χ1n) is 7.20. The van der Waals surface area contributed by atoms with Crippen LogP contribution < -0.4 is 15.5 Å². The zero-order chi connectivity index (χ0) is 18.0. The lowest BCUT2D eigenvalue weighted by molar-refractivity contribution is -0.137. The van der Waals surface area contributed by atoms with Gasteiger partial charge in [-0.3, -0.25) is 15.0 Å². The van der Waals surface area contributed by atoms with Crippen LogP contribution in [-0.2, 0) is 6.18 Å². The number of aldehydes is 1. The molecule has 0 spiro atoms. The van der Waals surface area contributed by atoms with Gasteiger partial charge in [-0.15, -0.1) is 0 Å². The van der Waals surface area contributed by atoms with E-state index in [1.807, 2.05) is 0 Å². The Morgan fingerprint density at radius 2 is 2.08 bits per heavy atom. The third-order valence-corrected chi connectivity index (χ3v) is 3.49. The zero-order valence-electron chi connectivity index (χ0n) is 12.7. The number of carbonyl (C=O) groups excluding carboxylic acids is 2. The molecule has 25 heavy (non-hydrogen) atoms. The Kier molecular flexibility index (Phi) is 4.26. The molecule has 130 valence electrons. The van der Waals surface area contributed by atoms with Crippen molar-refractivity contribution in [3.05, 3.63) is 41.7 Å². The third-order valence-electron chi connectivity index (χ3n) is 3.49. The Balaban J connectivity index is 1.80. The van der Waals surface area contributed by atoms with Crippen LogP contribution in [0.5, 0.6) is 0 Å². The van der Waals surface area contributed by atoms with Crippen molar-refractivity contribution in [1.82, 2.24) is 9.97 Å². The fourth-order valence-corrected chi connectivity index (χ4v) is 2.29. The number of fused-ring (bicyclic) bond motifs is 1. The molecule has 2 N–H and O–H groups in total. The second kappa shape index (κ2) is 6.38. The van der Waals surface area contributed by atoms with Gasteiger partial charge in [-0.25, -0.2) is 14.8 Å². The molecule has 0 saturated carbocycles. The van der Waals surface area contributed by atoms with E-state index in [1.165, 1.54) is 11.0 Å². The number of urea groups is 1. The van der Waals surface area contributed by atoms with E-state index in [2.05, 4.69) is 20.6 Å². The van der Waals surface area contributed by atoms with Crippen molar-refractivity contribution in [3.63, 3.8) is 0 Å². The highest BCUT2D eigenvalue weighted by Crippen LogP contribution is 2.29. The second-order valence-corrected chi connectivity index (χ2v) is 5.16. The molecule has 0 bridgehead atoms. The number of halogens is 3. The van der Waals surface area contributed by atoms with Crippen molar-refractivity contribution >= 4 is 29.6 Å². The number of carbonyl (C=O) groups is 2. The average molecular weight is 351 g/mol. The monoisotopic (exact) mass is 351 g/mol. The maximum absolute atomic E-state index is 12.5. The summed E-state index contributed by atoms with van der Waals surface area (Å²) in [5, 5.41) is 5.47. The predicted octanol–water partition coefficient (Wildman–Crippen LogP) is 2.77. The lowest BCUT2D eigenvalue weighted by atomic mass is 10.2. The van der Waals surface area contributed by atoms with Gasteiger partial charge in [0.05, 0.1) is 11.3 Å². The number of hydrogen-bond acceptors (Lipinski definition) is 5. The second-order valence-electron chi connectivity index (χ2n) is 5.16. The Bertz CT molecular complexity index is 808. The van der Waals surface area contributed by atoms with Crippen LogP contribution >= 0.6 is 0 Å². The van der Waals surface area contributed by atoms with Gasteiger partial charge < -0.3 is 5.32 Å². The normalized spacial score (nSPS) is 13.6. The molecular weight excluding hydrogens is 339 g/mol. The lowest BCUT2D eigenvalue weighted by Gasteiger charge is -2.29. The highest BCUT2D eigenvalue weighted by atomic mass is 19.4. The van der Waals surface area contributed by atoms with Crippen molar-refractivity contribution in [1.29, 1.82) is 0 Å². The number of aromatic nitrogens is 2. The fourth-order valence-electron chi connectivity index (χ4n) is 2.29. The van der Waals surface area contributed by atoms with E-state index >= 15 is 0 Å². The first-order chi connectivity index (χ1) is 11.9. The van der Waals surface area contributed by atoms with E-state index in [4.69, 9.17) is 0 Å². The minimum absolute atomic E-state index is 0.0235. The molecule has 1 aliphatic heterocycles. The standard InChI is InChI=1S/C15H12F3N5O2/c16-15(17,18)9-1-4-12(20-7-9)22-14(25)23-6-5-19-11-3-2-10(8-24)21-13(11)23/h1-4,7-8,19H,5-6H2,(H,20,22,25). The molecule has 3 rings (SSSR count). The van der Waals surface area contributed by atoms with E-state index in [-0.39, 0.29) is 23.9 Å². The summed E-state index contributed by atoms with van der Waals surface area (Å²) in [6.45, 7) is 0.734. The minimum Gasteiger partial charge on any atom is -0.380 e. The fraction of sp³-hybridized carbons (Fsp3) is 0.200. The van der Waals surface area contributed by atoms with Crippen molar-refractivity contribution < 1.29 is 22.8 Å². The van der Waals surface area contributed by atoms with Gasteiger partial charge in [-0.2, -0.15) is 13.2 Å². The molecule has 2 amide bonds. The molecular formula is C15H12F3N5O2. The maximum atomic E-state index is 12.5. The van der Waals surface area contributed by atoms with Crippen LogP contribution in [-0.4, -0.2) is 35.4 Å². The van der Waals surface area contributed by atoms with Crippen LogP contribution in [0.1, 0.15) is 16.1 Å². The van der Waals surface area contributed by atoms with E-state index in [0.29, 0.717) is 24.7 Å². The van der Waals surface area contributed by atoms with Crippen molar-refractivity contribution in [2.75, 3.05) is 28.6 Å². The summed E-state index contributed by atoms with van der Waals surface area (Å²) in [4.78, 5) is 32.3. The molecule has 0 aliphatic carbocycles. The van der Waals surface area contributed by atoms with Crippen molar-refractivity contribution in [2.45, 2.75) is 6.18 Å². The molecule has 7 nitrogen and oxygen atoms in total. The highest BCUT2D eigenvalue weighted by molar-refractivity contribution is 6.03. The quantitative estimate of drug-likeness (QED) is 0.813. The Morgan fingerprint density at radius 3 is 2.72 bits per heavy atom. The van der Waals surface area contributed by atoms with Gasteiger partial charge in [0.15, 0.2) is 12.1 Å². The van der Waals surface area contributed by atoms with Crippen molar-refractivity contribution in [2.24, 2.45) is 0 Å². The topological polar surface area (TPSA) is 87.2 Å². The lowest BCUT2D eigenvalue weighted by Crippen LogP contribution is -2.42. The molecule has 3 heterocycles. The van der Waals surface area contributed by atoms with E-state index in [1.54, 1.807) is 6.07 Å². The smallest absolute Gasteiger partial charge is 0.380 e. The highest BCUT2D eigenvalue weighted by Gasteiger charge is 2.31. The van der Waals surface area contributed by atoms with Crippen molar-refractivity contribution in [3.8, 4) is 0 Å². The molecule has 2 aromatic heterocycles. The van der Waals surface area contributed by atoms with Crippen LogP contribution in [0.4, 0.5) is 35.3 Å². The van der Waals surface area contributed by atoms with Gasteiger partial charge in [0, 0.05) is 19.3 Å². The van der Waals surface area contributed by atoms with E-state index < -0.39 is 17.8 Å². The number of nitrogens with zero attached hydrogens (tertiary/aromatic N) is 3. The number of hydrogen-bond donors (Lipinski definition) is 2. The van der Waals surface area contributed by atoms with Gasteiger partial charge >= 0.3 is 12.2 Å². The number of rotatable bonds is 2. The summed E-state index contributed by atoms with van der Waals surface area (Å²) < 4.78 is 37.6. The summed E-state index contributed by atoms with van der Waals surface area (Å²) in [6.07, 6.45) is -3.30.